The van der Waals surface area contributed by atoms with Gasteiger partial charge in [-0.3, -0.25) is 4.79 Å². The molecule has 2 heterocycles. The fourth-order valence-corrected chi connectivity index (χ4v) is 5.07. The Morgan fingerprint density at radius 2 is 1.94 bits per heavy atom. The number of hydrogen-bond acceptors (Lipinski definition) is 7. The van der Waals surface area contributed by atoms with E-state index in [1.807, 2.05) is 41.8 Å². The minimum atomic E-state index is -0.511. The van der Waals surface area contributed by atoms with E-state index in [2.05, 4.69) is 10.3 Å². The van der Waals surface area contributed by atoms with Crippen LogP contribution in [0.5, 0.6) is 23.0 Å². The van der Waals surface area contributed by atoms with Crippen LogP contribution in [-0.4, -0.2) is 30.9 Å². The summed E-state index contributed by atoms with van der Waals surface area (Å²) in [5, 5.41) is 5.59. The van der Waals surface area contributed by atoms with Gasteiger partial charge in [0.2, 0.25) is 5.91 Å². The van der Waals surface area contributed by atoms with Gasteiger partial charge in [0.15, 0.2) is 23.0 Å². The van der Waals surface area contributed by atoms with Crippen LogP contribution < -0.4 is 24.3 Å². The number of aromatic nitrogens is 1. The van der Waals surface area contributed by atoms with Gasteiger partial charge in [0.25, 0.3) is 5.79 Å². The standard InChI is InChI=1S/C24H24N2O5S/c1-28-19-7-5-6-17(22(19)29-2)23-26-16(14-32-23)13-21(27)25-15-8-9-18-20(12-15)31-24(30-18)10-3-4-11-24/h5-9,12,14H,3-4,10-11,13H2,1-2H3,(H,25,27). The Hall–Kier alpha value is -3.26. The van der Waals surface area contributed by atoms with Crippen molar-refractivity contribution >= 4 is 22.9 Å². The van der Waals surface area contributed by atoms with E-state index in [0.717, 1.165) is 42.0 Å². The number of anilines is 1. The van der Waals surface area contributed by atoms with Crippen molar-refractivity contribution in [1.82, 2.24) is 4.98 Å². The third-order valence-corrected chi connectivity index (χ3v) is 6.64. The topological polar surface area (TPSA) is 78.9 Å². The van der Waals surface area contributed by atoms with Crippen LogP contribution in [0.2, 0.25) is 0 Å². The Bertz CT molecular complexity index is 1150. The second-order valence-electron chi connectivity index (χ2n) is 7.89. The highest BCUT2D eigenvalue weighted by molar-refractivity contribution is 7.13. The lowest BCUT2D eigenvalue weighted by molar-refractivity contribution is -0.115. The van der Waals surface area contributed by atoms with Crippen molar-refractivity contribution < 1.29 is 23.7 Å². The molecule has 0 unspecified atom stereocenters. The number of rotatable bonds is 6. The molecule has 1 aromatic heterocycles. The van der Waals surface area contributed by atoms with Gasteiger partial charge in [-0.25, -0.2) is 4.98 Å². The summed E-state index contributed by atoms with van der Waals surface area (Å²) in [6.45, 7) is 0. The highest BCUT2D eigenvalue weighted by Crippen LogP contribution is 2.47. The average molecular weight is 453 g/mol. The number of carbonyl (C=O) groups excluding carboxylic acids is 1. The fraction of sp³-hybridized carbons (Fsp3) is 0.333. The van der Waals surface area contributed by atoms with Crippen LogP contribution in [-0.2, 0) is 11.2 Å². The molecule has 3 aromatic rings. The van der Waals surface area contributed by atoms with E-state index in [0.29, 0.717) is 28.6 Å². The molecule has 0 saturated heterocycles. The van der Waals surface area contributed by atoms with Crippen LogP contribution in [0.1, 0.15) is 31.4 Å². The number of methoxy groups -OCH3 is 2. The van der Waals surface area contributed by atoms with Crippen LogP contribution in [0.15, 0.2) is 41.8 Å². The van der Waals surface area contributed by atoms with Crippen molar-refractivity contribution in [3.05, 3.63) is 47.5 Å². The first-order chi connectivity index (χ1) is 15.6. The molecule has 1 aliphatic carbocycles. The number of nitrogens with one attached hydrogen (secondary N) is 1. The molecule has 7 nitrogen and oxygen atoms in total. The van der Waals surface area contributed by atoms with Crippen LogP contribution in [0.3, 0.4) is 0 Å². The Morgan fingerprint density at radius 3 is 2.72 bits per heavy atom. The SMILES string of the molecule is COc1cccc(-c2nc(CC(=O)Nc3ccc4c(c3)OC3(CCCC3)O4)cs2)c1OC. The number of fused-ring (bicyclic) bond motifs is 1. The van der Waals surface area contributed by atoms with Gasteiger partial charge in [-0.05, 0) is 37.1 Å². The zero-order valence-electron chi connectivity index (χ0n) is 18.0. The van der Waals surface area contributed by atoms with Gasteiger partial charge >= 0.3 is 0 Å². The maximum atomic E-state index is 12.6. The van der Waals surface area contributed by atoms with Crippen LogP contribution in [0.4, 0.5) is 5.69 Å². The summed E-state index contributed by atoms with van der Waals surface area (Å²) >= 11 is 1.46. The highest BCUT2D eigenvalue weighted by Gasteiger charge is 2.44. The summed E-state index contributed by atoms with van der Waals surface area (Å²) in [4.78, 5) is 17.3. The molecule has 166 valence electrons. The van der Waals surface area contributed by atoms with Gasteiger partial charge in [0.05, 0.1) is 31.9 Å². The average Bonchev–Trinajstić information content (AvgIpc) is 3.53. The predicted octanol–water partition coefficient (Wildman–Crippen LogP) is 5.05. The van der Waals surface area contributed by atoms with E-state index in [4.69, 9.17) is 18.9 Å². The fourth-order valence-electron chi connectivity index (χ4n) is 4.23. The number of para-hydroxylation sites is 1. The zero-order valence-corrected chi connectivity index (χ0v) is 18.8. The number of carbonyl (C=O) groups is 1. The molecule has 2 aromatic carbocycles. The molecule has 0 radical (unpaired) electrons. The third kappa shape index (κ3) is 3.86. The molecule has 1 saturated carbocycles. The predicted molar refractivity (Wildman–Crippen MR) is 122 cm³/mol. The summed E-state index contributed by atoms with van der Waals surface area (Å²) < 4.78 is 23.0. The van der Waals surface area contributed by atoms with Crippen molar-refractivity contribution in [3.63, 3.8) is 0 Å². The minimum absolute atomic E-state index is 0.145. The van der Waals surface area contributed by atoms with Gasteiger partial charge in [-0.1, -0.05) is 6.07 Å². The molecule has 1 spiro atoms. The molecular formula is C24H24N2O5S. The second-order valence-corrected chi connectivity index (χ2v) is 8.75. The largest absolute Gasteiger partial charge is 0.493 e. The number of benzene rings is 2. The summed E-state index contributed by atoms with van der Waals surface area (Å²) in [5.41, 5.74) is 2.20. The maximum absolute atomic E-state index is 12.6. The molecular weight excluding hydrogens is 428 g/mol. The van der Waals surface area contributed by atoms with Gasteiger partial charge in [0.1, 0.15) is 5.01 Å². The highest BCUT2D eigenvalue weighted by atomic mass is 32.1. The molecule has 0 atom stereocenters. The first-order valence-electron chi connectivity index (χ1n) is 10.6. The van der Waals surface area contributed by atoms with Crippen molar-refractivity contribution in [2.75, 3.05) is 19.5 Å². The van der Waals surface area contributed by atoms with E-state index in [-0.39, 0.29) is 12.3 Å². The number of nitrogens with zero attached hydrogens (tertiary/aromatic N) is 1. The molecule has 8 heteroatoms. The summed E-state index contributed by atoms with van der Waals surface area (Å²) in [5.74, 6) is 2.03. The van der Waals surface area contributed by atoms with Gasteiger partial charge < -0.3 is 24.3 Å². The molecule has 2 aliphatic rings. The van der Waals surface area contributed by atoms with Crippen molar-refractivity contribution in [2.24, 2.45) is 0 Å². The summed E-state index contributed by atoms with van der Waals surface area (Å²) in [6, 6.07) is 11.2. The summed E-state index contributed by atoms with van der Waals surface area (Å²) in [6.07, 6.45) is 4.17. The van der Waals surface area contributed by atoms with Gasteiger partial charge in [0, 0.05) is 30.0 Å². The number of amides is 1. The first kappa shape index (κ1) is 20.6. The van der Waals surface area contributed by atoms with E-state index in [1.165, 1.54) is 11.3 Å². The third-order valence-electron chi connectivity index (χ3n) is 5.71. The first-order valence-corrected chi connectivity index (χ1v) is 11.4. The molecule has 1 amide bonds. The quantitative estimate of drug-likeness (QED) is 0.564. The van der Waals surface area contributed by atoms with E-state index in [9.17, 15) is 4.79 Å². The number of hydrogen-bond donors (Lipinski definition) is 1. The Labute approximate surface area is 190 Å². The van der Waals surface area contributed by atoms with Crippen LogP contribution in [0, 0.1) is 0 Å². The van der Waals surface area contributed by atoms with E-state index in [1.54, 1.807) is 14.2 Å². The van der Waals surface area contributed by atoms with E-state index >= 15 is 0 Å². The Balaban J connectivity index is 1.26. The molecule has 0 bridgehead atoms. The molecule has 1 fully saturated rings. The lowest BCUT2D eigenvalue weighted by atomic mass is 10.2. The van der Waals surface area contributed by atoms with Crippen molar-refractivity contribution in [1.29, 1.82) is 0 Å². The Kier molecular flexibility index (Phi) is 5.38. The van der Waals surface area contributed by atoms with Crippen LogP contribution >= 0.6 is 11.3 Å². The van der Waals surface area contributed by atoms with Crippen LogP contribution in [0.25, 0.3) is 10.6 Å². The van der Waals surface area contributed by atoms with Crippen molar-refractivity contribution in [3.8, 4) is 33.6 Å². The zero-order chi connectivity index (χ0) is 22.1. The lowest BCUT2D eigenvalue weighted by Crippen LogP contribution is -2.34. The maximum Gasteiger partial charge on any atom is 0.251 e. The monoisotopic (exact) mass is 452 g/mol. The number of thiazole rings is 1. The normalized spacial score (nSPS) is 15.7. The van der Waals surface area contributed by atoms with Gasteiger partial charge in [-0.15, -0.1) is 11.3 Å². The van der Waals surface area contributed by atoms with Crippen molar-refractivity contribution in [2.45, 2.75) is 37.9 Å². The summed E-state index contributed by atoms with van der Waals surface area (Å²) in [7, 11) is 3.20. The molecule has 32 heavy (non-hydrogen) atoms. The number of ether oxygens (including phenoxy) is 4. The smallest absolute Gasteiger partial charge is 0.251 e. The molecule has 5 rings (SSSR count). The minimum Gasteiger partial charge on any atom is -0.493 e. The lowest BCUT2D eigenvalue weighted by Gasteiger charge is -2.21. The molecule has 1 aliphatic heterocycles. The second kappa shape index (κ2) is 8.35. The Morgan fingerprint density at radius 1 is 1.12 bits per heavy atom. The molecule has 1 N–H and O–H groups in total. The van der Waals surface area contributed by atoms with E-state index < -0.39 is 5.79 Å². The van der Waals surface area contributed by atoms with Gasteiger partial charge in [-0.2, -0.15) is 0 Å².